The maximum Gasteiger partial charge on any atom is 0.229 e. The largest absolute Gasteiger partial charge is 0.504 e. The number of phenolic OH excluding ortho intramolecular Hbond substituents is 2. The first-order chi connectivity index (χ1) is 10.8. The van der Waals surface area contributed by atoms with Gasteiger partial charge in [-0.05, 0) is 22.9 Å². The van der Waals surface area contributed by atoms with E-state index in [1.165, 1.54) is 0 Å². The third-order valence-electron chi connectivity index (χ3n) is 3.91. The standard InChI is InChI=1S/C19H19NO3/c1-19(2,3)18(23)20-11-8-9-13-12-6-4-5-7-14(12)16(21)17(22)15(13)10-11/h4-10,21-22H,1-3H3,(H,20,23). The zero-order valence-corrected chi connectivity index (χ0v) is 13.3. The van der Waals surface area contributed by atoms with Gasteiger partial charge >= 0.3 is 0 Å². The van der Waals surface area contributed by atoms with Gasteiger partial charge in [0.05, 0.1) is 0 Å². The summed E-state index contributed by atoms with van der Waals surface area (Å²) in [6.07, 6.45) is 0. The lowest BCUT2D eigenvalue weighted by molar-refractivity contribution is -0.123. The molecule has 23 heavy (non-hydrogen) atoms. The summed E-state index contributed by atoms with van der Waals surface area (Å²) in [6.45, 7) is 5.50. The number of hydrogen-bond donors (Lipinski definition) is 3. The molecule has 0 aliphatic rings. The van der Waals surface area contributed by atoms with Gasteiger partial charge in [0.1, 0.15) is 0 Å². The second kappa shape index (κ2) is 5.16. The highest BCUT2D eigenvalue weighted by molar-refractivity contribution is 6.14. The van der Waals surface area contributed by atoms with Gasteiger partial charge < -0.3 is 15.5 Å². The molecule has 118 valence electrons. The molecule has 0 saturated carbocycles. The van der Waals surface area contributed by atoms with Crippen molar-refractivity contribution in [2.75, 3.05) is 5.32 Å². The van der Waals surface area contributed by atoms with Crippen LogP contribution in [0.25, 0.3) is 21.5 Å². The van der Waals surface area contributed by atoms with E-state index in [1.54, 1.807) is 18.2 Å². The number of phenols is 2. The first kappa shape index (κ1) is 15.2. The van der Waals surface area contributed by atoms with E-state index in [1.807, 2.05) is 45.0 Å². The van der Waals surface area contributed by atoms with E-state index >= 15 is 0 Å². The van der Waals surface area contributed by atoms with Crippen molar-refractivity contribution in [1.82, 2.24) is 0 Å². The molecule has 3 aromatic carbocycles. The molecule has 0 unspecified atom stereocenters. The maximum absolute atomic E-state index is 12.1. The first-order valence-corrected chi connectivity index (χ1v) is 7.47. The number of anilines is 1. The average Bonchev–Trinajstić information content (AvgIpc) is 2.51. The Morgan fingerprint density at radius 1 is 0.870 bits per heavy atom. The van der Waals surface area contributed by atoms with Crippen molar-refractivity contribution in [3.63, 3.8) is 0 Å². The van der Waals surface area contributed by atoms with E-state index in [9.17, 15) is 15.0 Å². The molecule has 3 N–H and O–H groups in total. The summed E-state index contributed by atoms with van der Waals surface area (Å²) in [6, 6.07) is 12.7. The van der Waals surface area contributed by atoms with Gasteiger partial charge in [0, 0.05) is 21.9 Å². The number of carbonyl (C=O) groups is 1. The number of aromatic hydroxyl groups is 2. The van der Waals surface area contributed by atoms with Crippen molar-refractivity contribution in [3.05, 3.63) is 42.5 Å². The second-order valence-corrected chi connectivity index (χ2v) is 6.71. The monoisotopic (exact) mass is 309 g/mol. The topological polar surface area (TPSA) is 69.6 Å². The fourth-order valence-corrected chi connectivity index (χ4v) is 2.55. The van der Waals surface area contributed by atoms with Crippen LogP contribution in [-0.4, -0.2) is 16.1 Å². The fraction of sp³-hybridized carbons (Fsp3) is 0.211. The quantitative estimate of drug-likeness (QED) is 0.461. The molecular weight excluding hydrogens is 290 g/mol. The minimum absolute atomic E-state index is 0.110. The Morgan fingerprint density at radius 2 is 1.43 bits per heavy atom. The lowest BCUT2D eigenvalue weighted by atomic mass is 9.95. The number of benzene rings is 3. The summed E-state index contributed by atoms with van der Waals surface area (Å²) >= 11 is 0. The van der Waals surface area contributed by atoms with Crippen LogP contribution < -0.4 is 5.32 Å². The Hall–Kier alpha value is -2.75. The molecule has 0 heterocycles. The van der Waals surface area contributed by atoms with E-state index in [2.05, 4.69) is 5.32 Å². The van der Waals surface area contributed by atoms with Crippen molar-refractivity contribution in [1.29, 1.82) is 0 Å². The summed E-state index contributed by atoms with van der Waals surface area (Å²) in [5.41, 5.74) is 0.0742. The number of fused-ring (bicyclic) bond motifs is 3. The van der Waals surface area contributed by atoms with E-state index in [0.29, 0.717) is 16.5 Å². The zero-order valence-electron chi connectivity index (χ0n) is 13.3. The zero-order chi connectivity index (χ0) is 16.8. The van der Waals surface area contributed by atoms with E-state index < -0.39 is 5.41 Å². The molecule has 0 radical (unpaired) electrons. The first-order valence-electron chi connectivity index (χ1n) is 7.47. The lowest BCUT2D eigenvalue weighted by Crippen LogP contribution is -2.27. The third-order valence-corrected chi connectivity index (χ3v) is 3.91. The van der Waals surface area contributed by atoms with Crippen LogP contribution in [0.2, 0.25) is 0 Å². The van der Waals surface area contributed by atoms with Gasteiger partial charge in [-0.3, -0.25) is 4.79 Å². The van der Waals surface area contributed by atoms with Gasteiger partial charge in [0.2, 0.25) is 5.91 Å². The summed E-state index contributed by atoms with van der Waals surface area (Å²) in [5, 5.41) is 26.2. The number of carbonyl (C=O) groups excluding carboxylic acids is 1. The Bertz CT molecular complexity index is 923. The van der Waals surface area contributed by atoms with Gasteiger partial charge in [-0.15, -0.1) is 0 Å². The van der Waals surface area contributed by atoms with Crippen molar-refractivity contribution < 1.29 is 15.0 Å². The highest BCUT2D eigenvalue weighted by Gasteiger charge is 2.21. The highest BCUT2D eigenvalue weighted by Crippen LogP contribution is 2.42. The summed E-state index contributed by atoms with van der Waals surface area (Å²) in [7, 11) is 0. The van der Waals surface area contributed by atoms with Gasteiger partial charge in [0.15, 0.2) is 11.5 Å². The van der Waals surface area contributed by atoms with Crippen LogP contribution in [0, 0.1) is 5.41 Å². The van der Waals surface area contributed by atoms with Crippen LogP contribution in [0.5, 0.6) is 11.5 Å². The average molecular weight is 309 g/mol. The molecule has 3 rings (SSSR count). The van der Waals surface area contributed by atoms with Crippen LogP contribution in [0.1, 0.15) is 20.8 Å². The molecule has 0 fully saturated rings. The van der Waals surface area contributed by atoms with Crippen molar-refractivity contribution in [2.45, 2.75) is 20.8 Å². The molecule has 3 aromatic rings. The van der Waals surface area contributed by atoms with E-state index in [-0.39, 0.29) is 17.4 Å². The smallest absolute Gasteiger partial charge is 0.229 e. The predicted octanol–water partition coefficient (Wildman–Crippen LogP) is 4.39. The number of rotatable bonds is 1. The van der Waals surface area contributed by atoms with Gasteiger partial charge in [-0.1, -0.05) is 51.1 Å². The number of nitrogens with one attached hydrogen (secondary N) is 1. The molecule has 4 nitrogen and oxygen atoms in total. The van der Waals surface area contributed by atoms with Crippen LogP contribution >= 0.6 is 0 Å². The van der Waals surface area contributed by atoms with Crippen LogP contribution in [0.3, 0.4) is 0 Å². The fourth-order valence-electron chi connectivity index (χ4n) is 2.55. The molecule has 0 bridgehead atoms. The molecule has 1 amide bonds. The van der Waals surface area contributed by atoms with E-state index in [0.717, 1.165) is 10.8 Å². The van der Waals surface area contributed by atoms with Gasteiger partial charge in [-0.25, -0.2) is 0 Å². The molecule has 4 heteroatoms. The highest BCUT2D eigenvalue weighted by atomic mass is 16.3. The summed E-state index contributed by atoms with van der Waals surface area (Å²) in [4.78, 5) is 12.1. The molecule has 0 aliphatic carbocycles. The third kappa shape index (κ3) is 2.57. The Morgan fingerprint density at radius 3 is 2.09 bits per heavy atom. The predicted molar refractivity (Wildman–Crippen MR) is 92.9 cm³/mol. The molecule has 0 saturated heterocycles. The van der Waals surface area contributed by atoms with Gasteiger partial charge in [-0.2, -0.15) is 0 Å². The van der Waals surface area contributed by atoms with Crippen molar-refractivity contribution in [3.8, 4) is 11.5 Å². The van der Waals surface area contributed by atoms with Crippen LogP contribution in [0.4, 0.5) is 5.69 Å². The lowest BCUT2D eigenvalue weighted by Gasteiger charge is -2.18. The molecule has 0 aliphatic heterocycles. The van der Waals surface area contributed by atoms with E-state index in [4.69, 9.17) is 0 Å². The maximum atomic E-state index is 12.1. The number of amides is 1. The summed E-state index contributed by atoms with van der Waals surface area (Å²) in [5.74, 6) is -0.431. The Balaban J connectivity index is 2.19. The minimum atomic E-state index is -0.511. The van der Waals surface area contributed by atoms with Gasteiger partial charge in [0.25, 0.3) is 0 Å². The molecule has 0 spiro atoms. The Labute approximate surface area is 134 Å². The van der Waals surface area contributed by atoms with Crippen molar-refractivity contribution >= 4 is 33.1 Å². The van der Waals surface area contributed by atoms with Crippen molar-refractivity contribution in [2.24, 2.45) is 5.41 Å². The summed E-state index contributed by atoms with van der Waals surface area (Å²) < 4.78 is 0. The molecule has 0 aromatic heterocycles. The molecular formula is C19H19NO3. The van der Waals surface area contributed by atoms with Crippen LogP contribution in [0.15, 0.2) is 42.5 Å². The van der Waals surface area contributed by atoms with Crippen LogP contribution in [-0.2, 0) is 4.79 Å². The minimum Gasteiger partial charge on any atom is -0.504 e. The normalized spacial score (nSPS) is 11.8. The number of hydrogen-bond acceptors (Lipinski definition) is 3. The Kier molecular flexibility index (Phi) is 3.40. The SMILES string of the molecule is CC(C)(C)C(=O)Nc1ccc2c(c1)c(O)c(O)c1ccccc12. The molecule has 0 atom stereocenters. The second-order valence-electron chi connectivity index (χ2n) is 6.71.